The van der Waals surface area contributed by atoms with Crippen molar-refractivity contribution in [3.63, 3.8) is 0 Å². The van der Waals surface area contributed by atoms with Crippen molar-refractivity contribution in [1.82, 2.24) is 9.97 Å². The Labute approximate surface area is 104 Å². The molecule has 0 amide bonds. The summed E-state index contributed by atoms with van der Waals surface area (Å²) in [6, 6.07) is 11.0. The minimum absolute atomic E-state index is 0.00578. The summed E-state index contributed by atoms with van der Waals surface area (Å²) in [4.78, 5) is 7.72. The fourth-order valence-electron chi connectivity index (χ4n) is 1.31. The molecular weight excluding hydrogens is 228 g/mol. The van der Waals surface area contributed by atoms with Crippen LogP contribution in [0.5, 0.6) is 11.6 Å². The topological polar surface area (TPSA) is 82.6 Å². The lowest BCUT2D eigenvalue weighted by molar-refractivity contribution is 0.459. The zero-order chi connectivity index (χ0) is 13.0. The van der Waals surface area contributed by atoms with E-state index in [-0.39, 0.29) is 17.3 Å². The molecule has 0 bridgehead atoms. The molecule has 0 aliphatic carbocycles. The summed E-state index contributed by atoms with van der Waals surface area (Å²) in [5, 5.41) is 17.5. The normalized spacial score (nSPS) is 9.28. The molecule has 1 aromatic heterocycles. The number of nitrogens with zero attached hydrogens (tertiary/aromatic N) is 4. The number of ether oxygens (including phenoxy) is 1. The summed E-state index contributed by atoms with van der Waals surface area (Å²) in [6.07, 6.45) is 1.32. The number of nitriles is 2. The number of rotatable bonds is 2. The Morgan fingerprint density at radius 1 is 1.06 bits per heavy atom. The number of hydrogen-bond acceptors (Lipinski definition) is 5. The van der Waals surface area contributed by atoms with Crippen molar-refractivity contribution < 1.29 is 4.74 Å². The van der Waals surface area contributed by atoms with Crippen molar-refractivity contribution in [2.24, 2.45) is 0 Å². The monoisotopic (exact) mass is 236 g/mol. The first kappa shape index (κ1) is 11.6. The Bertz CT molecular complexity index is 650. The van der Waals surface area contributed by atoms with E-state index >= 15 is 0 Å². The first-order valence-corrected chi connectivity index (χ1v) is 5.14. The third-order valence-corrected chi connectivity index (χ3v) is 2.21. The van der Waals surface area contributed by atoms with Crippen molar-refractivity contribution in [3.8, 4) is 23.8 Å². The fraction of sp³-hybridized carbons (Fsp3) is 0.0769. The lowest BCUT2D eigenvalue weighted by atomic mass is 10.2. The van der Waals surface area contributed by atoms with Crippen LogP contribution in [0.15, 0.2) is 30.5 Å². The van der Waals surface area contributed by atoms with E-state index in [1.54, 1.807) is 24.3 Å². The van der Waals surface area contributed by atoms with Crippen LogP contribution in [0.25, 0.3) is 0 Å². The van der Waals surface area contributed by atoms with Crippen molar-refractivity contribution >= 4 is 0 Å². The smallest absolute Gasteiger partial charge is 0.239 e. The number of hydrogen-bond donors (Lipinski definition) is 0. The predicted molar refractivity (Wildman–Crippen MR) is 62.7 cm³/mol. The summed E-state index contributed by atoms with van der Waals surface area (Å²) in [5.41, 5.74) is 1.07. The Balaban J connectivity index is 2.28. The molecule has 5 heteroatoms. The molecule has 0 radical (unpaired) electrons. The second-order valence-electron chi connectivity index (χ2n) is 3.54. The average Bonchev–Trinajstić information content (AvgIpc) is 2.41. The van der Waals surface area contributed by atoms with E-state index in [1.807, 2.05) is 19.1 Å². The van der Waals surface area contributed by atoms with Crippen molar-refractivity contribution in [1.29, 1.82) is 10.5 Å². The molecule has 2 aromatic rings. The highest BCUT2D eigenvalue weighted by Crippen LogP contribution is 2.19. The molecule has 0 aliphatic heterocycles. The highest BCUT2D eigenvalue weighted by molar-refractivity contribution is 5.37. The first-order valence-electron chi connectivity index (χ1n) is 5.14. The SMILES string of the molecule is Cc1ccc(Oc2cnc(C#N)c(C#N)n2)cc1. The van der Waals surface area contributed by atoms with Gasteiger partial charge in [0.25, 0.3) is 0 Å². The quantitative estimate of drug-likeness (QED) is 0.799. The lowest BCUT2D eigenvalue weighted by Crippen LogP contribution is -1.96. The minimum Gasteiger partial charge on any atom is -0.437 e. The van der Waals surface area contributed by atoms with Gasteiger partial charge in [-0.2, -0.15) is 15.5 Å². The summed E-state index contributed by atoms with van der Waals surface area (Å²) in [6.45, 7) is 1.97. The van der Waals surface area contributed by atoms with Gasteiger partial charge in [-0.05, 0) is 19.1 Å². The van der Waals surface area contributed by atoms with E-state index in [0.29, 0.717) is 5.75 Å². The first-order chi connectivity index (χ1) is 8.72. The van der Waals surface area contributed by atoms with E-state index in [9.17, 15) is 0 Å². The van der Waals surface area contributed by atoms with Gasteiger partial charge < -0.3 is 4.74 Å². The average molecular weight is 236 g/mol. The van der Waals surface area contributed by atoms with Crippen LogP contribution in [0.4, 0.5) is 0 Å². The molecule has 5 nitrogen and oxygen atoms in total. The molecule has 1 aromatic carbocycles. The van der Waals surface area contributed by atoms with Gasteiger partial charge in [-0.1, -0.05) is 17.7 Å². The summed E-state index contributed by atoms with van der Waals surface area (Å²) in [7, 11) is 0. The van der Waals surface area contributed by atoms with E-state index in [4.69, 9.17) is 15.3 Å². The maximum Gasteiger partial charge on any atom is 0.239 e. The van der Waals surface area contributed by atoms with Gasteiger partial charge in [-0.25, -0.2) is 4.98 Å². The maximum atomic E-state index is 8.82. The van der Waals surface area contributed by atoms with Crippen LogP contribution in [-0.4, -0.2) is 9.97 Å². The summed E-state index contributed by atoms with van der Waals surface area (Å²) >= 11 is 0. The van der Waals surface area contributed by atoms with Gasteiger partial charge in [0.15, 0.2) is 11.4 Å². The van der Waals surface area contributed by atoms with Crippen LogP contribution in [0.3, 0.4) is 0 Å². The molecule has 0 aliphatic rings. The highest BCUT2D eigenvalue weighted by Gasteiger charge is 2.07. The number of benzene rings is 1. The molecule has 2 rings (SSSR count). The van der Waals surface area contributed by atoms with Crippen LogP contribution in [0.1, 0.15) is 17.0 Å². The number of aryl methyl sites for hydroxylation is 1. The van der Waals surface area contributed by atoms with E-state index in [1.165, 1.54) is 6.20 Å². The van der Waals surface area contributed by atoms with Gasteiger partial charge >= 0.3 is 0 Å². The Kier molecular flexibility index (Phi) is 3.17. The number of aromatic nitrogens is 2. The minimum atomic E-state index is -0.0397. The van der Waals surface area contributed by atoms with Crippen molar-refractivity contribution in [3.05, 3.63) is 47.4 Å². The summed E-state index contributed by atoms with van der Waals surface area (Å²) in [5.74, 6) is 0.790. The van der Waals surface area contributed by atoms with Gasteiger partial charge in [0.05, 0.1) is 6.20 Å². The van der Waals surface area contributed by atoms with Gasteiger partial charge in [-0.3, -0.25) is 0 Å². The Morgan fingerprint density at radius 2 is 1.72 bits per heavy atom. The molecule has 0 fully saturated rings. The summed E-state index contributed by atoms with van der Waals surface area (Å²) < 4.78 is 5.44. The van der Waals surface area contributed by atoms with Crippen LogP contribution in [-0.2, 0) is 0 Å². The molecule has 0 saturated heterocycles. The third kappa shape index (κ3) is 2.42. The lowest BCUT2D eigenvalue weighted by Gasteiger charge is -2.04. The van der Waals surface area contributed by atoms with Gasteiger partial charge in [0.2, 0.25) is 5.88 Å². The van der Waals surface area contributed by atoms with E-state index in [0.717, 1.165) is 5.56 Å². The molecule has 18 heavy (non-hydrogen) atoms. The second kappa shape index (κ2) is 4.94. The third-order valence-electron chi connectivity index (χ3n) is 2.21. The zero-order valence-electron chi connectivity index (χ0n) is 9.58. The maximum absolute atomic E-state index is 8.82. The molecule has 0 spiro atoms. The molecule has 1 heterocycles. The highest BCUT2D eigenvalue weighted by atomic mass is 16.5. The fourth-order valence-corrected chi connectivity index (χ4v) is 1.31. The molecule has 0 N–H and O–H groups in total. The van der Waals surface area contributed by atoms with Crippen LogP contribution in [0.2, 0.25) is 0 Å². The molecule has 0 saturated carbocycles. The van der Waals surface area contributed by atoms with Crippen LogP contribution >= 0.6 is 0 Å². The van der Waals surface area contributed by atoms with E-state index < -0.39 is 0 Å². The zero-order valence-corrected chi connectivity index (χ0v) is 9.58. The van der Waals surface area contributed by atoms with Crippen LogP contribution < -0.4 is 4.74 Å². The van der Waals surface area contributed by atoms with Crippen molar-refractivity contribution in [2.75, 3.05) is 0 Å². The molecule has 0 unspecified atom stereocenters. The van der Waals surface area contributed by atoms with Gasteiger partial charge in [-0.15, -0.1) is 0 Å². The van der Waals surface area contributed by atoms with E-state index in [2.05, 4.69) is 9.97 Å². The molecule has 0 atom stereocenters. The largest absolute Gasteiger partial charge is 0.437 e. The molecule has 86 valence electrons. The van der Waals surface area contributed by atoms with Gasteiger partial charge in [0.1, 0.15) is 17.9 Å². The standard InChI is InChI=1S/C13H8N4O/c1-9-2-4-10(5-3-9)18-13-8-16-11(6-14)12(7-15)17-13/h2-5,8H,1H3. The van der Waals surface area contributed by atoms with Crippen LogP contribution in [0, 0.1) is 29.6 Å². The Morgan fingerprint density at radius 3 is 2.33 bits per heavy atom. The second-order valence-corrected chi connectivity index (χ2v) is 3.54. The Hall–Kier alpha value is -2.92. The van der Waals surface area contributed by atoms with Crippen molar-refractivity contribution in [2.45, 2.75) is 6.92 Å². The predicted octanol–water partition coefficient (Wildman–Crippen LogP) is 2.32. The van der Waals surface area contributed by atoms with Gasteiger partial charge in [0, 0.05) is 0 Å². The molecular formula is C13H8N4O.